The number of ether oxygens (including phenoxy) is 1. The van der Waals surface area contributed by atoms with Crippen molar-refractivity contribution < 1.29 is 4.74 Å². The molecule has 0 amide bonds. The minimum Gasteiger partial charge on any atom is -0.496 e. The first-order chi connectivity index (χ1) is 9.22. The fraction of sp³-hybridized carbons (Fsp3) is 0.562. The van der Waals surface area contributed by atoms with Crippen LogP contribution in [-0.4, -0.2) is 24.7 Å². The molecule has 0 unspecified atom stereocenters. The van der Waals surface area contributed by atoms with Crippen molar-refractivity contribution in [3.8, 4) is 5.75 Å². The highest BCUT2D eigenvalue weighted by atomic mass is 16.5. The summed E-state index contributed by atoms with van der Waals surface area (Å²) in [4.78, 5) is 4.50. The summed E-state index contributed by atoms with van der Waals surface area (Å²) in [7, 11) is 1.72. The maximum absolute atomic E-state index is 5.42. The molecule has 0 atom stereocenters. The zero-order valence-corrected chi connectivity index (χ0v) is 12.2. The van der Waals surface area contributed by atoms with Gasteiger partial charge in [-0.15, -0.1) is 0 Å². The van der Waals surface area contributed by atoms with Crippen LogP contribution in [0.5, 0.6) is 5.75 Å². The Labute approximate surface area is 116 Å². The molecule has 0 saturated heterocycles. The van der Waals surface area contributed by atoms with Gasteiger partial charge >= 0.3 is 0 Å². The van der Waals surface area contributed by atoms with Crippen LogP contribution < -0.4 is 10.1 Å². The van der Waals surface area contributed by atoms with Crippen molar-refractivity contribution in [3.63, 3.8) is 0 Å². The van der Waals surface area contributed by atoms with Gasteiger partial charge in [-0.25, -0.2) is 0 Å². The molecular formula is C16H24N2O. The van der Waals surface area contributed by atoms with Crippen molar-refractivity contribution >= 4 is 0 Å². The molecule has 3 heteroatoms. The third-order valence-electron chi connectivity index (χ3n) is 3.55. The van der Waals surface area contributed by atoms with Gasteiger partial charge < -0.3 is 10.1 Å². The van der Waals surface area contributed by atoms with E-state index in [0.29, 0.717) is 0 Å². The first kappa shape index (κ1) is 14.1. The lowest BCUT2D eigenvalue weighted by Gasteiger charge is -2.10. The molecule has 1 heterocycles. The molecule has 0 aromatic carbocycles. The smallest absolute Gasteiger partial charge is 0.128 e. The highest BCUT2D eigenvalue weighted by Gasteiger charge is 2.19. The summed E-state index contributed by atoms with van der Waals surface area (Å²) >= 11 is 0. The fourth-order valence-electron chi connectivity index (χ4n) is 2.25. The van der Waals surface area contributed by atoms with Gasteiger partial charge in [0.1, 0.15) is 5.75 Å². The van der Waals surface area contributed by atoms with E-state index in [2.05, 4.69) is 29.4 Å². The molecular weight excluding hydrogens is 236 g/mol. The number of aryl methyl sites for hydroxylation is 1. The highest BCUT2D eigenvalue weighted by Crippen LogP contribution is 2.24. The minimum atomic E-state index is 0.804. The molecule has 1 N–H and O–H groups in total. The standard InChI is InChI=1S/C16H24N2O/c1-12-11-18-15(13(2)16(12)19-3)7-5-4-6-10-17-14-8-9-14/h4-5,11,14,17H,6-10H2,1-3H3. The molecule has 104 valence electrons. The number of methoxy groups -OCH3 is 1. The Bertz CT molecular complexity index is 450. The van der Waals surface area contributed by atoms with Crippen LogP contribution in [-0.2, 0) is 6.42 Å². The molecule has 0 aliphatic heterocycles. The van der Waals surface area contributed by atoms with E-state index in [9.17, 15) is 0 Å². The third-order valence-corrected chi connectivity index (χ3v) is 3.55. The van der Waals surface area contributed by atoms with Crippen molar-refractivity contribution in [1.82, 2.24) is 10.3 Å². The Morgan fingerprint density at radius 1 is 1.37 bits per heavy atom. The first-order valence-corrected chi connectivity index (χ1v) is 7.09. The zero-order chi connectivity index (χ0) is 13.7. The number of nitrogens with zero attached hydrogens (tertiary/aromatic N) is 1. The van der Waals surface area contributed by atoms with E-state index in [1.807, 2.05) is 13.1 Å². The molecule has 0 radical (unpaired) electrons. The summed E-state index contributed by atoms with van der Waals surface area (Å²) in [6, 6.07) is 0.804. The normalized spacial score (nSPS) is 15.1. The SMILES string of the molecule is COc1c(C)cnc(CC=CCCNC2CC2)c1C. The van der Waals surface area contributed by atoms with Crippen LogP contribution in [0.3, 0.4) is 0 Å². The Balaban J connectivity index is 1.82. The van der Waals surface area contributed by atoms with Crippen LogP contribution in [0.4, 0.5) is 0 Å². The van der Waals surface area contributed by atoms with Gasteiger partial charge in [-0.05, 0) is 39.7 Å². The summed E-state index contributed by atoms with van der Waals surface area (Å²) in [5.74, 6) is 0.966. The lowest BCUT2D eigenvalue weighted by atomic mass is 10.1. The van der Waals surface area contributed by atoms with Crippen LogP contribution >= 0.6 is 0 Å². The Kier molecular flexibility index (Phi) is 4.97. The predicted octanol–water partition coefficient (Wildman–Crippen LogP) is 2.95. The van der Waals surface area contributed by atoms with E-state index in [1.165, 1.54) is 12.8 Å². The molecule has 1 fully saturated rings. The summed E-state index contributed by atoms with van der Waals surface area (Å²) in [6.45, 7) is 5.20. The lowest BCUT2D eigenvalue weighted by Crippen LogP contribution is -2.16. The van der Waals surface area contributed by atoms with E-state index in [1.54, 1.807) is 7.11 Å². The molecule has 19 heavy (non-hydrogen) atoms. The van der Waals surface area contributed by atoms with E-state index in [4.69, 9.17) is 4.74 Å². The average molecular weight is 260 g/mol. The number of aromatic nitrogens is 1. The third kappa shape index (κ3) is 4.06. The molecule has 0 spiro atoms. The minimum absolute atomic E-state index is 0.804. The summed E-state index contributed by atoms with van der Waals surface area (Å²) in [5, 5.41) is 3.51. The Hall–Kier alpha value is -1.35. The second-order valence-corrected chi connectivity index (χ2v) is 5.24. The Morgan fingerprint density at radius 2 is 2.16 bits per heavy atom. The molecule has 0 bridgehead atoms. The van der Waals surface area contributed by atoms with Gasteiger partial charge in [-0.2, -0.15) is 0 Å². The summed E-state index contributed by atoms with van der Waals surface area (Å²) in [6.07, 6.45) is 11.0. The van der Waals surface area contributed by atoms with Gasteiger partial charge in [0.15, 0.2) is 0 Å². The average Bonchev–Trinajstić information content (AvgIpc) is 3.20. The molecule has 1 saturated carbocycles. The van der Waals surface area contributed by atoms with Crippen LogP contribution in [0.15, 0.2) is 18.3 Å². The first-order valence-electron chi connectivity index (χ1n) is 7.09. The van der Waals surface area contributed by atoms with E-state index in [0.717, 1.165) is 48.0 Å². The number of allylic oxidation sites excluding steroid dienone is 1. The van der Waals surface area contributed by atoms with Gasteiger partial charge in [-0.3, -0.25) is 4.98 Å². The van der Waals surface area contributed by atoms with Gasteiger partial charge in [0.25, 0.3) is 0 Å². The molecule has 1 aromatic heterocycles. The van der Waals surface area contributed by atoms with Crippen LogP contribution in [0, 0.1) is 13.8 Å². The van der Waals surface area contributed by atoms with Crippen molar-refractivity contribution in [2.24, 2.45) is 0 Å². The lowest BCUT2D eigenvalue weighted by molar-refractivity contribution is 0.407. The fourth-order valence-corrected chi connectivity index (χ4v) is 2.25. The quantitative estimate of drug-likeness (QED) is 0.604. The maximum Gasteiger partial charge on any atom is 0.128 e. The van der Waals surface area contributed by atoms with E-state index < -0.39 is 0 Å². The largest absolute Gasteiger partial charge is 0.496 e. The summed E-state index contributed by atoms with van der Waals surface area (Å²) in [5.41, 5.74) is 3.36. The number of pyridine rings is 1. The van der Waals surface area contributed by atoms with Crippen molar-refractivity contribution in [3.05, 3.63) is 35.2 Å². The van der Waals surface area contributed by atoms with Crippen LogP contribution in [0.2, 0.25) is 0 Å². The number of nitrogens with one attached hydrogen (secondary N) is 1. The summed E-state index contributed by atoms with van der Waals surface area (Å²) < 4.78 is 5.42. The molecule has 3 nitrogen and oxygen atoms in total. The van der Waals surface area contributed by atoms with Gasteiger partial charge in [-0.1, -0.05) is 12.2 Å². The van der Waals surface area contributed by atoms with Crippen molar-refractivity contribution in [1.29, 1.82) is 0 Å². The predicted molar refractivity (Wildman–Crippen MR) is 78.7 cm³/mol. The van der Waals surface area contributed by atoms with Crippen LogP contribution in [0.1, 0.15) is 36.1 Å². The molecule has 2 rings (SSSR count). The van der Waals surface area contributed by atoms with Gasteiger partial charge in [0.05, 0.1) is 12.8 Å². The zero-order valence-electron chi connectivity index (χ0n) is 12.2. The number of hydrogen-bond acceptors (Lipinski definition) is 3. The van der Waals surface area contributed by atoms with E-state index >= 15 is 0 Å². The monoisotopic (exact) mass is 260 g/mol. The van der Waals surface area contributed by atoms with Gasteiger partial charge in [0, 0.05) is 29.8 Å². The molecule has 1 aliphatic carbocycles. The number of hydrogen-bond donors (Lipinski definition) is 1. The number of rotatable bonds is 7. The maximum atomic E-state index is 5.42. The Morgan fingerprint density at radius 3 is 2.84 bits per heavy atom. The van der Waals surface area contributed by atoms with Crippen LogP contribution in [0.25, 0.3) is 0 Å². The van der Waals surface area contributed by atoms with E-state index in [-0.39, 0.29) is 0 Å². The second kappa shape index (κ2) is 6.71. The van der Waals surface area contributed by atoms with Crippen molar-refractivity contribution in [2.45, 2.75) is 45.6 Å². The highest BCUT2D eigenvalue weighted by molar-refractivity contribution is 5.41. The molecule has 1 aromatic rings. The second-order valence-electron chi connectivity index (χ2n) is 5.24. The molecule has 1 aliphatic rings. The van der Waals surface area contributed by atoms with Crippen molar-refractivity contribution in [2.75, 3.05) is 13.7 Å². The topological polar surface area (TPSA) is 34.1 Å². The van der Waals surface area contributed by atoms with Gasteiger partial charge in [0.2, 0.25) is 0 Å².